The Balaban J connectivity index is 2.77. The molecule has 0 saturated heterocycles. The Morgan fingerprint density at radius 1 is 1.37 bits per heavy atom. The molecule has 1 aromatic carbocycles. The SMILES string of the molecule is Cc1ccc(Br)c(C(=O)N(C)CC(=O)NC(C)C)c1. The number of nitrogens with zero attached hydrogens (tertiary/aromatic N) is 1. The number of hydrogen-bond acceptors (Lipinski definition) is 2. The topological polar surface area (TPSA) is 49.4 Å². The minimum Gasteiger partial charge on any atom is -0.352 e. The highest BCUT2D eigenvalue weighted by atomic mass is 79.9. The molecule has 0 aromatic heterocycles. The van der Waals surface area contributed by atoms with Crippen molar-refractivity contribution in [3.05, 3.63) is 33.8 Å². The van der Waals surface area contributed by atoms with Crippen molar-refractivity contribution >= 4 is 27.7 Å². The van der Waals surface area contributed by atoms with E-state index in [0.717, 1.165) is 10.0 Å². The van der Waals surface area contributed by atoms with Gasteiger partial charge in [0.1, 0.15) is 0 Å². The second-order valence-corrected chi connectivity index (χ2v) is 5.72. The Bertz CT molecular complexity index is 486. The summed E-state index contributed by atoms with van der Waals surface area (Å²) in [7, 11) is 1.62. The van der Waals surface area contributed by atoms with Gasteiger partial charge in [0.05, 0.1) is 12.1 Å². The van der Waals surface area contributed by atoms with Gasteiger partial charge in [0.25, 0.3) is 5.91 Å². The molecule has 0 atom stereocenters. The van der Waals surface area contributed by atoms with Crippen LogP contribution in [0.3, 0.4) is 0 Å². The number of nitrogens with one attached hydrogen (secondary N) is 1. The van der Waals surface area contributed by atoms with Crippen LogP contribution < -0.4 is 5.32 Å². The van der Waals surface area contributed by atoms with Crippen molar-refractivity contribution in [2.75, 3.05) is 13.6 Å². The average molecular weight is 327 g/mol. The molecule has 0 spiro atoms. The van der Waals surface area contributed by atoms with Gasteiger partial charge in [0.2, 0.25) is 5.91 Å². The molecule has 0 saturated carbocycles. The van der Waals surface area contributed by atoms with Gasteiger partial charge >= 0.3 is 0 Å². The van der Waals surface area contributed by atoms with E-state index >= 15 is 0 Å². The Labute approximate surface area is 122 Å². The molecule has 1 aromatic rings. The summed E-state index contributed by atoms with van der Waals surface area (Å²) in [6.07, 6.45) is 0. The average Bonchev–Trinajstić information content (AvgIpc) is 2.30. The second kappa shape index (κ2) is 6.70. The largest absolute Gasteiger partial charge is 0.352 e. The number of amides is 2. The highest BCUT2D eigenvalue weighted by Gasteiger charge is 2.17. The molecule has 104 valence electrons. The first kappa shape index (κ1) is 15.7. The molecule has 4 nitrogen and oxygen atoms in total. The number of benzene rings is 1. The van der Waals surface area contributed by atoms with Crippen molar-refractivity contribution < 1.29 is 9.59 Å². The van der Waals surface area contributed by atoms with Crippen LogP contribution in [-0.2, 0) is 4.79 Å². The van der Waals surface area contributed by atoms with Crippen LogP contribution in [0.15, 0.2) is 22.7 Å². The number of hydrogen-bond donors (Lipinski definition) is 1. The lowest BCUT2D eigenvalue weighted by Crippen LogP contribution is -2.40. The summed E-state index contributed by atoms with van der Waals surface area (Å²) >= 11 is 3.36. The van der Waals surface area contributed by atoms with Crippen molar-refractivity contribution in [3.63, 3.8) is 0 Å². The van der Waals surface area contributed by atoms with Crippen molar-refractivity contribution in [2.45, 2.75) is 26.8 Å². The zero-order chi connectivity index (χ0) is 14.6. The lowest BCUT2D eigenvalue weighted by atomic mass is 10.1. The summed E-state index contributed by atoms with van der Waals surface area (Å²) in [5.74, 6) is -0.330. The van der Waals surface area contributed by atoms with Gasteiger partial charge in [-0.05, 0) is 48.8 Å². The third-order valence-electron chi connectivity index (χ3n) is 2.53. The van der Waals surface area contributed by atoms with Gasteiger partial charge in [-0.1, -0.05) is 11.6 Å². The Morgan fingerprint density at radius 2 is 2.00 bits per heavy atom. The van der Waals surface area contributed by atoms with Gasteiger partial charge in [0, 0.05) is 17.6 Å². The molecule has 19 heavy (non-hydrogen) atoms. The molecule has 1 N–H and O–H groups in total. The maximum absolute atomic E-state index is 12.3. The second-order valence-electron chi connectivity index (χ2n) is 4.87. The lowest BCUT2D eigenvalue weighted by Gasteiger charge is -2.18. The minimum atomic E-state index is -0.172. The number of halogens is 1. The Hall–Kier alpha value is -1.36. The van der Waals surface area contributed by atoms with Crippen molar-refractivity contribution in [1.29, 1.82) is 0 Å². The summed E-state index contributed by atoms with van der Waals surface area (Å²) in [5.41, 5.74) is 1.58. The van der Waals surface area contributed by atoms with Crippen LogP contribution in [0.5, 0.6) is 0 Å². The van der Waals surface area contributed by atoms with E-state index in [0.29, 0.717) is 5.56 Å². The Morgan fingerprint density at radius 3 is 2.58 bits per heavy atom. The van der Waals surface area contributed by atoms with Crippen LogP contribution in [0.1, 0.15) is 29.8 Å². The van der Waals surface area contributed by atoms with Gasteiger partial charge in [-0.15, -0.1) is 0 Å². The molecule has 0 aliphatic heterocycles. The molecular formula is C14H19BrN2O2. The smallest absolute Gasteiger partial charge is 0.255 e. The molecule has 0 radical (unpaired) electrons. The normalized spacial score (nSPS) is 10.4. The van der Waals surface area contributed by atoms with E-state index in [1.165, 1.54) is 4.90 Å². The number of likely N-dealkylation sites (N-methyl/N-ethyl adjacent to an activating group) is 1. The van der Waals surface area contributed by atoms with Crippen molar-refractivity contribution in [3.8, 4) is 0 Å². The summed E-state index contributed by atoms with van der Waals surface area (Å²) in [6.45, 7) is 5.75. The van der Waals surface area contributed by atoms with Crippen molar-refractivity contribution in [1.82, 2.24) is 10.2 Å². The molecule has 0 aliphatic carbocycles. The van der Waals surface area contributed by atoms with E-state index in [4.69, 9.17) is 0 Å². The molecule has 5 heteroatoms. The number of rotatable bonds is 4. The fraction of sp³-hybridized carbons (Fsp3) is 0.429. The van der Waals surface area contributed by atoms with E-state index in [2.05, 4.69) is 21.2 Å². The van der Waals surface area contributed by atoms with E-state index in [-0.39, 0.29) is 24.4 Å². The fourth-order valence-electron chi connectivity index (χ4n) is 1.66. The standard InChI is InChI=1S/C14H19BrN2O2/c1-9(2)16-13(18)8-17(4)14(19)11-7-10(3)5-6-12(11)15/h5-7,9H,8H2,1-4H3,(H,16,18). The molecule has 0 aliphatic rings. The van der Waals surface area contributed by atoms with Crippen LogP contribution >= 0.6 is 15.9 Å². The fourth-order valence-corrected chi connectivity index (χ4v) is 2.08. The summed E-state index contributed by atoms with van der Waals surface area (Å²) in [4.78, 5) is 25.3. The van der Waals surface area contributed by atoms with Gasteiger partial charge < -0.3 is 10.2 Å². The molecule has 0 fully saturated rings. The van der Waals surface area contributed by atoms with E-state index in [1.807, 2.05) is 39.0 Å². The monoisotopic (exact) mass is 326 g/mol. The number of carbonyl (C=O) groups is 2. The number of carbonyl (C=O) groups excluding carboxylic acids is 2. The quantitative estimate of drug-likeness (QED) is 0.923. The number of aryl methyl sites for hydroxylation is 1. The highest BCUT2D eigenvalue weighted by Crippen LogP contribution is 2.19. The molecule has 1 rings (SSSR count). The van der Waals surface area contributed by atoms with Crippen molar-refractivity contribution in [2.24, 2.45) is 0 Å². The summed E-state index contributed by atoms with van der Waals surface area (Å²) < 4.78 is 0.735. The van der Waals surface area contributed by atoms with E-state index in [9.17, 15) is 9.59 Å². The van der Waals surface area contributed by atoms with E-state index in [1.54, 1.807) is 7.05 Å². The van der Waals surface area contributed by atoms with Gasteiger partial charge in [-0.25, -0.2) is 0 Å². The third-order valence-corrected chi connectivity index (χ3v) is 3.22. The van der Waals surface area contributed by atoms with Gasteiger partial charge in [0.15, 0.2) is 0 Å². The lowest BCUT2D eigenvalue weighted by molar-refractivity contribution is -0.122. The third kappa shape index (κ3) is 4.67. The first-order valence-electron chi connectivity index (χ1n) is 6.12. The first-order valence-corrected chi connectivity index (χ1v) is 6.91. The summed E-state index contributed by atoms with van der Waals surface area (Å²) in [5, 5.41) is 2.76. The van der Waals surface area contributed by atoms with Crippen LogP contribution in [0, 0.1) is 6.92 Å². The predicted octanol–water partition coefficient (Wildman–Crippen LogP) is 2.35. The first-order chi connectivity index (χ1) is 8.81. The van der Waals surface area contributed by atoms with Crippen LogP contribution in [0.4, 0.5) is 0 Å². The van der Waals surface area contributed by atoms with E-state index < -0.39 is 0 Å². The molecule has 0 unspecified atom stereocenters. The van der Waals surface area contributed by atoms with Crippen LogP contribution in [0.2, 0.25) is 0 Å². The zero-order valence-electron chi connectivity index (χ0n) is 11.7. The highest BCUT2D eigenvalue weighted by molar-refractivity contribution is 9.10. The molecule has 2 amide bonds. The minimum absolute atomic E-state index is 0.0530. The Kier molecular flexibility index (Phi) is 5.54. The zero-order valence-corrected chi connectivity index (χ0v) is 13.2. The van der Waals surface area contributed by atoms with Crippen LogP contribution in [0.25, 0.3) is 0 Å². The van der Waals surface area contributed by atoms with Gasteiger partial charge in [-0.2, -0.15) is 0 Å². The molecule has 0 heterocycles. The maximum atomic E-state index is 12.3. The maximum Gasteiger partial charge on any atom is 0.255 e. The van der Waals surface area contributed by atoms with Crippen LogP contribution in [-0.4, -0.2) is 36.3 Å². The molecular weight excluding hydrogens is 308 g/mol. The molecule has 0 bridgehead atoms. The summed E-state index contributed by atoms with van der Waals surface area (Å²) in [6, 6.07) is 5.64. The predicted molar refractivity (Wildman–Crippen MR) is 79.1 cm³/mol. The van der Waals surface area contributed by atoms with Gasteiger partial charge in [-0.3, -0.25) is 9.59 Å².